The van der Waals surface area contributed by atoms with Crippen LogP contribution in [0.1, 0.15) is 23.1 Å². The van der Waals surface area contributed by atoms with Gasteiger partial charge in [0, 0.05) is 24.8 Å². The Morgan fingerprint density at radius 1 is 1.04 bits per heavy atom. The van der Waals surface area contributed by atoms with Gasteiger partial charge in [-0.3, -0.25) is 4.90 Å². The topological polar surface area (TPSA) is 19.0 Å². The lowest BCUT2D eigenvalue weighted by Gasteiger charge is -2.16. The number of H-pyrrole nitrogens is 1. The van der Waals surface area contributed by atoms with Gasteiger partial charge in [0.05, 0.1) is 0 Å². The first-order valence-electron chi connectivity index (χ1n) is 8.60. The summed E-state index contributed by atoms with van der Waals surface area (Å²) in [5.41, 5.74) is 5.48. The summed E-state index contributed by atoms with van der Waals surface area (Å²) in [5, 5.41) is 1.33. The van der Waals surface area contributed by atoms with Crippen LogP contribution in [0.4, 0.5) is 0 Å². The summed E-state index contributed by atoms with van der Waals surface area (Å²) in [5.74, 6) is 0.789. The monoisotopic (exact) mass is 304 g/mol. The molecule has 4 rings (SSSR count). The molecule has 2 aromatic carbocycles. The van der Waals surface area contributed by atoms with Crippen molar-refractivity contribution in [1.29, 1.82) is 0 Å². The van der Waals surface area contributed by atoms with Gasteiger partial charge in [-0.2, -0.15) is 0 Å². The van der Waals surface area contributed by atoms with E-state index in [1.165, 1.54) is 53.5 Å². The molecule has 1 fully saturated rings. The molecule has 2 nitrogen and oxygen atoms in total. The number of aromatic nitrogens is 1. The molecule has 0 bridgehead atoms. The average Bonchev–Trinajstić information content (AvgIpc) is 3.18. The zero-order valence-electron chi connectivity index (χ0n) is 13.8. The average molecular weight is 304 g/mol. The number of nitrogens with zero attached hydrogens (tertiary/aromatic N) is 1. The van der Waals surface area contributed by atoms with E-state index in [4.69, 9.17) is 0 Å². The molecule has 118 valence electrons. The highest BCUT2D eigenvalue weighted by Gasteiger charge is 2.22. The van der Waals surface area contributed by atoms with Crippen molar-refractivity contribution in [2.75, 3.05) is 13.1 Å². The Bertz CT molecular complexity index is 785. The second-order valence-electron chi connectivity index (χ2n) is 6.98. The second-order valence-corrected chi connectivity index (χ2v) is 6.98. The van der Waals surface area contributed by atoms with E-state index < -0.39 is 0 Å². The van der Waals surface area contributed by atoms with Crippen molar-refractivity contribution < 1.29 is 0 Å². The van der Waals surface area contributed by atoms with Crippen molar-refractivity contribution in [3.8, 4) is 0 Å². The van der Waals surface area contributed by atoms with Crippen LogP contribution in [0.5, 0.6) is 0 Å². The lowest BCUT2D eigenvalue weighted by Crippen LogP contribution is -2.20. The van der Waals surface area contributed by atoms with Crippen molar-refractivity contribution in [2.24, 2.45) is 5.92 Å². The number of benzene rings is 2. The van der Waals surface area contributed by atoms with E-state index in [1.807, 2.05) is 6.20 Å². The Labute approximate surface area is 138 Å². The van der Waals surface area contributed by atoms with E-state index in [0.29, 0.717) is 0 Å². The Morgan fingerprint density at radius 2 is 1.87 bits per heavy atom. The van der Waals surface area contributed by atoms with Crippen LogP contribution < -0.4 is 0 Å². The zero-order chi connectivity index (χ0) is 15.6. The SMILES string of the molecule is Cc1ccc(CN2CC[C@@H](Cc3ccc4[nH]ccc4c3)C2)cc1. The Kier molecular flexibility index (Phi) is 3.92. The molecule has 0 radical (unpaired) electrons. The molecule has 0 amide bonds. The third kappa shape index (κ3) is 3.32. The van der Waals surface area contributed by atoms with Gasteiger partial charge in [0.25, 0.3) is 0 Å². The fourth-order valence-corrected chi connectivity index (χ4v) is 3.74. The number of rotatable bonds is 4. The minimum Gasteiger partial charge on any atom is -0.361 e. The molecule has 0 spiro atoms. The first kappa shape index (κ1) is 14.5. The predicted molar refractivity (Wildman–Crippen MR) is 96.6 cm³/mol. The van der Waals surface area contributed by atoms with E-state index in [9.17, 15) is 0 Å². The van der Waals surface area contributed by atoms with E-state index in [-0.39, 0.29) is 0 Å². The van der Waals surface area contributed by atoms with Crippen molar-refractivity contribution in [1.82, 2.24) is 9.88 Å². The highest BCUT2D eigenvalue weighted by atomic mass is 15.1. The molecule has 1 aliphatic heterocycles. The molecule has 0 saturated carbocycles. The van der Waals surface area contributed by atoms with Gasteiger partial charge in [-0.25, -0.2) is 0 Å². The van der Waals surface area contributed by atoms with Gasteiger partial charge in [0.2, 0.25) is 0 Å². The van der Waals surface area contributed by atoms with E-state index in [2.05, 4.69) is 65.3 Å². The van der Waals surface area contributed by atoms with Crippen molar-refractivity contribution in [3.05, 3.63) is 71.4 Å². The number of aromatic amines is 1. The molecule has 2 heteroatoms. The number of fused-ring (bicyclic) bond motifs is 1. The molecule has 1 N–H and O–H groups in total. The van der Waals surface area contributed by atoms with Crippen molar-refractivity contribution >= 4 is 10.9 Å². The third-order valence-electron chi connectivity index (χ3n) is 5.04. The normalized spacial score (nSPS) is 18.7. The fourth-order valence-electron chi connectivity index (χ4n) is 3.74. The van der Waals surface area contributed by atoms with Crippen LogP contribution in [-0.2, 0) is 13.0 Å². The smallest absolute Gasteiger partial charge is 0.0454 e. The molecular formula is C21H24N2. The van der Waals surface area contributed by atoms with Gasteiger partial charge < -0.3 is 4.98 Å². The maximum Gasteiger partial charge on any atom is 0.0454 e. The van der Waals surface area contributed by atoms with Crippen LogP contribution in [0.25, 0.3) is 10.9 Å². The summed E-state index contributed by atoms with van der Waals surface area (Å²) in [4.78, 5) is 5.87. The lowest BCUT2D eigenvalue weighted by atomic mass is 9.98. The quantitative estimate of drug-likeness (QED) is 0.749. The number of hydrogen-bond donors (Lipinski definition) is 1. The summed E-state index contributed by atoms with van der Waals surface area (Å²) in [7, 11) is 0. The van der Waals surface area contributed by atoms with Crippen molar-refractivity contribution in [2.45, 2.75) is 26.3 Å². The Hall–Kier alpha value is -2.06. The first-order valence-corrected chi connectivity index (χ1v) is 8.60. The van der Waals surface area contributed by atoms with Gasteiger partial charge in [-0.15, -0.1) is 0 Å². The van der Waals surface area contributed by atoms with Crippen LogP contribution in [0.2, 0.25) is 0 Å². The van der Waals surface area contributed by atoms with E-state index in [0.717, 1.165) is 12.5 Å². The molecule has 3 aromatic rings. The Morgan fingerprint density at radius 3 is 2.74 bits per heavy atom. The molecule has 1 aromatic heterocycles. The predicted octanol–water partition coefficient (Wildman–Crippen LogP) is 4.54. The molecule has 1 atom stereocenters. The standard InChI is InChI=1S/C21H24N2/c1-16-2-4-17(5-3-16)14-23-11-9-19(15-23)12-18-6-7-21-20(13-18)8-10-22-21/h2-8,10,13,19,22H,9,11-12,14-15H2,1H3/t19-/m0/s1. The highest BCUT2D eigenvalue weighted by molar-refractivity contribution is 5.79. The van der Waals surface area contributed by atoms with Crippen LogP contribution in [-0.4, -0.2) is 23.0 Å². The number of likely N-dealkylation sites (tertiary alicyclic amines) is 1. The molecular weight excluding hydrogens is 280 g/mol. The largest absolute Gasteiger partial charge is 0.361 e. The summed E-state index contributed by atoms with van der Waals surface area (Å²) in [6.07, 6.45) is 4.54. The van der Waals surface area contributed by atoms with Gasteiger partial charge in [0.15, 0.2) is 0 Å². The van der Waals surface area contributed by atoms with Crippen molar-refractivity contribution in [3.63, 3.8) is 0 Å². The van der Waals surface area contributed by atoms with Crippen LogP contribution in [0, 0.1) is 12.8 Å². The molecule has 0 unspecified atom stereocenters. The molecule has 2 heterocycles. The molecule has 1 aliphatic rings. The van der Waals surface area contributed by atoms with Crippen LogP contribution >= 0.6 is 0 Å². The minimum absolute atomic E-state index is 0.789. The highest BCUT2D eigenvalue weighted by Crippen LogP contribution is 2.24. The number of hydrogen-bond acceptors (Lipinski definition) is 1. The maximum atomic E-state index is 3.27. The van der Waals surface area contributed by atoms with Gasteiger partial charge in [-0.1, -0.05) is 35.9 Å². The minimum atomic E-state index is 0.789. The number of nitrogens with one attached hydrogen (secondary N) is 1. The fraction of sp³-hybridized carbons (Fsp3) is 0.333. The molecule has 0 aliphatic carbocycles. The molecule has 23 heavy (non-hydrogen) atoms. The van der Waals surface area contributed by atoms with Gasteiger partial charge >= 0.3 is 0 Å². The summed E-state index contributed by atoms with van der Waals surface area (Å²) in [6.45, 7) is 5.69. The summed E-state index contributed by atoms with van der Waals surface area (Å²) in [6, 6.07) is 18.0. The van der Waals surface area contributed by atoms with Crippen LogP contribution in [0.3, 0.4) is 0 Å². The summed E-state index contributed by atoms with van der Waals surface area (Å²) >= 11 is 0. The second kappa shape index (κ2) is 6.21. The zero-order valence-corrected chi connectivity index (χ0v) is 13.8. The Balaban J connectivity index is 1.37. The molecule has 1 saturated heterocycles. The first-order chi connectivity index (χ1) is 11.3. The summed E-state index contributed by atoms with van der Waals surface area (Å²) < 4.78 is 0. The van der Waals surface area contributed by atoms with E-state index >= 15 is 0 Å². The van der Waals surface area contributed by atoms with Gasteiger partial charge in [0.1, 0.15) is 0 Å². The lowest BCUT2D eigenvalue weighted by molar-refractivity contribution is 0.316. The maximum absolute atomic E-state index is 3.27. The number of aryl methyl sites for hydroxylation is 1. The van der Waals surface area contributed by atoms with E-state index in [1.54, 1.807) is 0 Å². The third-order valence-corrected chi connectivity index (χ3v) is 5.04. The van der Waals surface area contributed by atoms with Crippen LogP contribution in [0.15, 0.2) is 54.7 Å². The van der Waals surface area contributed by atoms with Gasteiger partial charge in [-0.05, 0) is 66.9 Å².